The summed E-state index contributed by atoms with van der Waals surface area (Å²) in [4.78, 5) is 12.5. The van der Waals surface area contributed by atoms with Crippen molar-refractivity contribution in [1.29, 1.82) is 0 Å². The van der Waals surface area contributed by atoms with E-state index >= 15 is 0 Å². The Balaban J connectivity index is 1.44. The molecule has 0 saturated carbocycles. The van der Waals surface area contributed by atoms with Crippen LogP contribution in [0.5, 0.6) is 5.75 Å². The third-order valence-corrected chi connectivity index (χ3v) is 6.24. The second kappa shape index (κ2) is 10.8. The van der Waals surface area contributed by atoms with Gasteiger partial charge in [0.1, 0.15) is 17.3 Å². The van der Waals surface area contributed by atoms with E-state index in [0.29, 0.717) is 13.2 Å². The van der Waals surface area contributed by atoms with E-state index < -0.39 is 10.8 Å². The summed E-state index contributed by atoms with van der Waals surface area (Å²) in [6.45, 7) is 2.79. The molecule has 2 aromatic heterocycles. The minimum Gasteiger partial charge on any atom is -0.494 e. The maximum Gasteiger partial charge on any atom is 0.232 e. The molecule has 1 amide bonds. The van der Waals surface area contributed by atoms with E-state index in [1.807, 2.05) is 95.3 Å². The molecule has 1 N–H and O–H groups in total. The van der Waals surface area contributed by atoms with Crippen molar-refractivity contribution in [2.75, 3.05) is 12.4 Å². The van der Waals surface area contributed by atoms with Gasteiger partial charge >= 0.3 is 0 Å². The molecule has 0 saturated heterocycles. The van der Waals surface area contributed by atoms with Crippen LogP contribution >= 0.6 is 0 Å². The van der Waals surface area contributed by atoms with Crippen LogP contribution in [0.1, 0.15) is 18.1 Å². The van der Waals surface area contributed by atoms with Gasteiger partial charge in [0.15, 0.2) is 0 Å². The lowest BCUT2D eigenvalue weighted by Crippen LogP contribution is -2.28. The van der Waals surface area contributed by atoms with Crippen LogP contribution in [-0.4, -0.2) is 36.8 Å². The number of ether oxygens (including phenoxy) is 1. The molecule has 4 rings (SSSR count). The molecule has 0 spiro atoms. The third kappa shape index (κ3) is 5.59. The highest BCUT2D eigenvalue weighted by Gasteiger charge is 2.18. The molecule has 0 aliphatic heterocycles. The number of rotatable bonds is 10. The lowest BCUT2D eigenvalue weighted by Gasteiger charge is -2.12. The molecular formula is C25H26N4O3S. The van der Waals surface area contributed by atoms with Crippen molar-refractivity contribution >= 4 is 16.7 Å². The van der Waals surface area contributed by atoms with Gasteiger partial charge in [-0.15, -0.1) is 0 Å². The van der Waals surface area contributed by atoms with Crippen molar-refractivity contribution in [2.45, 2.75) is 19.2 Å². The van der Waals surface area contributed by atoms with Crippen LogP contribution in [0, 0.1) is 0 Å². The van der Waals surface area contributed by atoms with Crippen molar-refractivity contribution in [3.63, 3.8) is 0 Å². The molecule has 0 fully saturated rings. The molecule has 0 bridgehead atoms. The number of nitrogens with zero attached hydrogens (tertiary/aromatic N) is 3. The minimum absolute atomic E-state index is 0.0849. The summed E-state index contributed by atoms with van der Waals surface area (Å²) in [7, 11) is -1.39. The summed E-state index contributed by atoms with van der Waals surface area (Å²) >= 11 is 0. The van der Waals surface area contributed by atoms with E-state index in [1.54, 1.807) is 6.20 Å². The Morgan fingerprint density at radius 3 is 2.48 bits per heavy atom. The van der Waals surface area contributed by atoms with E-state index in [4.69, 9.17) is 4.74 Å². The molecule has 2 aromatic carbocycles. The summed E-state index contributed by atoms with van der Waals surface area (Å²) in [5, 5.41) is 7.37. The Bertz CT molecular complexity index is 1220. The van der Waals surface area contributed by atoms with E-state index in [2.05, 4.69) is 10.4 Å². The van der Waals surface area contributed by atoms with Gasteiger partial charge in [-0.2, -0.15) is 5.10 Å². The highest BCUT2D eigenvalue weighted by Crippen LogP contribution is 2.21. The monoisotopic (exact) mass is 462 g/mol. The van der Waals surface area contributed by atoms with Crippen molar-refractivity contribution in [3.05, 3.63) is 96.4 Å². The van der Waals surface area contributed by atoms with Crippen molar-refractivity contribution < 1.29 is 13.7 Å². The third-order valence-electron chi connectivity index (χ3n) is 5.02. The van der Waals surface area contributed by atoms with Gasteiger partial charge < -0.3 is 14.6 Å². The van der Waals surface area contributed by atoms with Crippen LogP contribution in [0.3, 0.4) is 0 Å². The summed E-state index contributed by atoms with van der Waals surface area (Å²) < 4.78 is 22.2. The number of aromatic nitrogens is 3. The first-order chi connectivity index (χ1) is 16.2. The highest BCUT2D eigenvalue weighted by atomic mass is 32.2. The molecule has 4 aromatic rings. The van der Waals surface area contributed by atoms with Gasteiger partial charge in [-0.05, 0) is 37.3 Å². The van der Waals surface area contributed by atoms with Gasteiger partial charge in [0.2, 0.25) is 5.91 Å². The second-order valence-corrected chi connectivity index (χ2v) is 8.83. The zero-order valence-corrected chi connectivity index (χ0v) is 19.2. The number of carbonyl (C=O) groups is 1. The maximum absolute atomic E-state index is 12.9. The normalized spacial score (nSPS) is 11.8. The smallest absolute Gasteiger partial charge is 0.232 e. The minimum atomic E-state index is -1.39. The SMILES string of the molecule is CCOc1ccccc1CNC(=O)CS(=O)Cc1cnn(-c2ccccc2)c1-n1cccc1. The Morgan fingerprint density at radius 2 is 1.73 bits per heavy atom. The Labute approximate surface area is 195 Å². The molecule has 0 aliphatic carbocycles. The quantitative estimate of drug-likeness (QED) is 0.390. The zero-order valence-electron chi connectivity index (χ0n) is 18.4. The number of carbonyl (C=O) groups excluding carboxylic acids is 1. The predicted molar refractivity (Wildman–Crippen MR) is 129 cm³/mol. The van der Waals surface area contributed by atoms with Crippen molar-refractivity contribution in [1.82, 2.24) is 19.7 Å². The van der Waals surface area contributed by atoms with E-state index in [1.165, 1.54) is 0 Å². The molecule has 1 unspecified atom stereocenters. The first kappa shape index (κ1) is 22.5. The van der Waals surface area contributed by atoms with Crippen molar-refractivity contribution in [2.24, 2.45) is 0 Å². The fourth-order valence-corrected chi connectivity index (χ4v) is 4.60. The number of nitrogens with one attached hydrogen (secondary N) is 1. The van der Waals surface area contributed by atoms with E-state index in [9.17, 15) is 9.00 Å². The van der Waals surface area contributed by atoms with Gasteiger partial charge in [-0.3, -0.25) is 9.00 Å². The van der Waals surface area contributed by atoms with Crippen LogP contribution in [0.25, 0.3) is 11.5 Å². The molecule has 2 heterocycles. The largest absolute Gasteiger partial charge is 0.494 e. The van der Waals surface area contributed by atoms with Gasteiger partial charge in [0.25, 0.3) is 0 Å². The Hall–Kier alpha value is -3.65. The van der Waals surface area contributed by atoms with Crippen LogP contribution < -0.4 is 10.1 Å². The maximum atomic E-state index is 12.9. The fourth-order valence-electron chi connectivity index (χ4n) is 3.55. The predicted octanol–water partition coefficient (Wildman–Crippen LogP) is 3.63. The molecule has 8 heteroatoms. The zero-order chi connectivity index (χ0) is 23.0. The summed E-state index contributed by atoms with van der Waals surface area (Å²) in [6, 6.07) is 21.2. The first-order valence-corrected chi connectivity index (χ1v) is 12.2. The molecule has 0 radical (unpaired) electrons. The molecular weight excluding hydrogens is 436 g/mol. The number of hydrogen-bond acceptors (Lipinski definition) is 4. The standard InChI is InChI=1S/C25H26N4O3S/c1-2-32-23-13-7-6-10-20(23)16-26-24(30)19-33(31)18-21-17-27-29(22-11-4-3-5-12-22)25(21)28-14-8-9-15-28/h3-15,17H,2,16,18-19H2,1H3,(H,26,30). The lowest BCUT2D eigenvalue weighted by molar-refractivity contribution is -0.118. The molecule has 170 valence electrons. The average Bonchev–Trinajstić information content (AvgIpc) is 3.49. The summed E-state index contributed by atoms with van der Waals surface area (Å²) in [5.74, 6) is 1.43. The molecule has 1 atom stereocenters. The van der Waals surface area contributed by atoms with Crippen LogP contribution in [-0.2, 0) is 27.9 Å². The van der Waals surface area contributed by atoms with Gasteiger partial charge in [0.05, 0.1) is 24.2 Å². The van der Waals surface area contributed by atoms with Crippen LogP contribution in [0.15, 0.2) is 85.3 Å². The number of amides is 1. The number of para-hydroxylation sites is 2. The van der Waals surface area contributed by atoms with Gasteiger partial charge in [-0.25, -0.2) is 4.68 Å². The fraction of sp³-hybridized carbons (Fsp3) is 0.200. The Kier molecular flexibility index (Phi) is 7.36. The Morgan fingerprint density at radius 1 is 1.00 bits per heavy atom. The number of hydrogen-bond donors (Lipinski definition) is 1. The first-order valence-electron chi connectivity index (χ1n) is 10.7. The average molecular weight is 463 g/mol. The molecule has 33 heavy (non-hydrogen) atoms. The van der Waals surface area contributed by atoms with Gasteiger partial charge in [-0.1, -0.05) is 36.4 Å². The summed E-state index contributed by atoms with van der Waals surface area (Å²) in [6.07, 6.45) is 5.56. The lowest BCUT2D eigenvalue weighted by atomic mass is 10.2. The van der Waals surface area contributed by atoms with E-state index in [0.717, 1.165) is 28.4 Å². The van der Waals surface area contributed by atoms with Gasteiger partial charge in [0, 0.05) is 40.9 Å². The van der Waals surface area contributed by atoms with E-state index in [-0.39, 0.29) is 17.4 Å². The van der Waals surface area contributed by atoms with Crippen molar-refractivity contribution in [3.8, 4) is 17.3 Å². The second-order valence-electron chi connectivity index (χ2n) is 7.38. The topological polar surface area (TPSA) is 78.2 Å². The molecule has 0 aliphatic rings. The summed E-state index contributed by atoms with van der Waals surface area (Å²) in [5.41, 5.74) is 2.60. The van der Waals surface area contributed by atoms with Crippen LogP contribution in [0.4, 0.5) is 0 Å². The van der Waals surface area contributed by atoms with Crippen LogP contribution in [0.2, 0.25) is 0 Å². The molecule has 7 nitrogen and oxygen atoms in total. The highest BCUT2D eigenvalue weighted by molar-refractivity contribution is 7.84. The number of benzene rings is 2.